The lowest BCUT2D eigenvalue weighted by atomic mass is 10.2. The molecule has 9 heteroatoms. The molecule has 0 saturated carbocycles. The van der Waals surface area contributed by atoms with Gasteiger partial charge in [0.05, 0.1) is 12.0 Å². The van der Waals surface area contributed by atoms with E-state index in [1.165, 1.54) is 4.31 Å². The number of nitrogens with zero attached hydrogens (tertiary/aromatic N) is 2. The number of aliphatic imine (C=N–C) groups is 1. The summed E-state index contributed by atoms with van der Waals surface area (Å²) in [6.45, 7) is 4.85. The van der Waals surface area contributed by atoms with Crippen LogP contribution in [0.25, 0.3) is 0 Å². The molecule has 2 rings (SSSR count). The summed E-state index contributed by atoms with van der Waals surface area (Å²) in [5.41, 5.74) is 2.07. The lowest BCUT2D eigenvalue weighted by molar-refractivity contribution is 0.410. The largest absolute Gasteiger partial charge is 0.497 e. The van der Waals surface area contributed by atoms with Crippen LogP contribution in [0.3, 0.4) is 0 Å². The number of ether oxygens (including phenoxy) is 1. The van der Waals surface area contributed by atoms with Crippen molar-refractivity contribution in [2.24, 2.45) is 4.99 Å². The Morgan fingerprint density at radius 3 is 1.87 bits per heavy atom. The predicted octanol–water partition coefficient (Wildman–Crippen LogP) is 3.21. The normalized spacial score (nSPS) is 11.9. The molecule has 30 heavy (non-hydrogen) atoms. The van der Waals surface area contributed by atoms with E-state index in [1.54, 1.807) is 33.3 Å². The molecule has 2 N–H and O–H groups in total. The van der Waals surface area contributed by atoms with E-state index in [0.29, 0.717) is 23.9 Å². The van der Waals surface area contributed by atoms with Crippen molar-refractivity contribution in [1.29, 1.82) is 0 Å². The zero-order chi connectivity index (χ0) is 21.4. The van der Waals surface area contributed by atoms with E-state index in [1.807, 2.05) is 50.2 Å². The summed E-state index contributed by atoms with van der Waals surface area (Å²) < 4.78 is 31.6. The summed E-state index contributed by atoms with van der Waals surface area (Å²) in [4.78, 5) is 4.51. The smallest absolute Gasteiger partial charge is 0.243 e. The summed E-state index contributed by atoms with van der Waals surface area (Å²) in [7, 11) is 1.48. The maximum absolute atomic E-state index is 12.5. The Hall–Kier alpha value is -1.85. The van der Waals surface area contributed by atoms with Gasteiger partial charge in [-0.05, 0) is 49.2 Å². The van der Waals surface area contributed by atoms with Gasteiger partial charge >= 0.3 is 0 Å². The molecule has 166 valence electrons. The summed E-state index contributed by atoms with van der Waals surface area (Å²) in [5.74, 6) is 1.48. The summed E-state index contributed by atoms with van der Waals surface area (Å²) >= 11 is 0. The van der Waals surface area contributed by atoms with Crippen LogP contribution in [0.15, 0.2) is 58.4 Å². The Kier molecular flexibility index (Phi) is 10.6. The van der Waals surface area contributed by atoms with Gasteiger partial charge in [0, 0.05) is 33.2 Å². The molecule has 0 radical (unpaired) electrons. The standard InChI is InChI=1S/C21H30N4O3S.HI/c1-16(2)25(4)29(26,27)20-12-8-18(9-13-20)15-24-21(22-3)23-14-17-6-10-19(28-5)11-7-17;/h6-13,16H,14-15H2,1-5H3,(H2,22,23,24);1H. The number of hydrogen-bond donors (Lipinski definition) is 2. The fourth-order valence-electron chi connectivity index (χ4n) is 2.56. The van der Waals surface area contributed by atoms with Gasteiger partial charge in [0.2, 0.25) is 10.0 Å². The van der Waals surface area contributed by atoms with E-state index in [4.69, 9.17) is 4.74 Å². The minimum atomic E-state index is -3.47. The molecule has 0 saturated heterocycles. The van der Waals surface area contributed by atoms with Gasteiger partial charge < -0.3 is 15.4 Å². The molecule has 7 nitrogen and oxygen atoms in total. The van der Waals surface area contributed by atoms with Crippen LogP contribution >= 0.6 is 24.0 Å². The predicted molar refractivity (Wildman–Crippen MR) is 132 cm³/mol. The second-order valence-electron chi connectivity index (χ2n) is 6.89. The SMILES string of the molecule is CN=C(NCc1ccc(OC)cc1)NCc1ccc(S(=O)(=O)N(C)C(C)C)cc1.I. The monoisotopic (exact) mass is 546 g/mol. The molecule has 0 spiro atoms. The zero-order valence-corrected chi connectivity index (χ0v) is 21.2. The Bertz CT molecular complexity index is 914. The minimum Gasteiger partial charge on any atom is -0.497 e. The summed E-state index contributed by atoms with van der Waals surface area (Å²) in [6, 6.07) is 14.6. The Labute approximate surface area is 197 Å². The van der Waals surface area contributed by atoms with Gasteiger partial charge in [0.1, 0.15) is 5.75 Å². The molecule has 0 aliphatic carbocycles. The van der Waals surface area contributed by atoms with E-state index < -0.39 is 10.0 Å². The third kappa shape index (κ3) is 7.13. The van der Waals surface area contributed by atoms with Crippen LogP contribution in [-0.4, -0.2) is 45.9 Å². The van der Waals surface area contributed by atoms with Crippen molar-refractivity contribution in [3.05, 3.63) is 59.7 Å². The van der Waals surface area contributed by atoms with Crippen molar-refractivity contribution < 1.29 is 13.2 Å². The van der Waals surface area contributed by atoms with E-state index >= 15 is 0 Å². The number of nitrogens with one attached hydrogen (secondary N) is 2. The van der Waals surface area contributed by atoms with Crippen molar-refractivity contribution in [1.82, 2.24) is 14.9 Å². The number of rotatable bonds is 8. The van der Waals surface area contributed by atoms with Gasteiger partial charge in [0.25, 0.3) is 0 Å². The van der Waals surface area contributed by atoms with Gasteiger partial charge in [-0.3, -0.25) is 4.99 Å². The molecule has 0 aromatic heterocycles. The zero-order valence-electron chi connectivity index (χ0n) is 18.0. The molecule has 0 fully saturated rings. The number of halogens is 1. The number of guanidine groups is 1. The maximum Gasteiger partial charge on any atom is 0.243 e. The van der Waals surface area contributed by atoms with Crippen LogP contribution in [0.2, 0.25) is 0 Å². The van der Waals surface area contributed by atoms with Crippen LogP contribution < -0.4 is 15.4 Å². The quantitative estimate of drug-likeness (QED) is 0.302. The maximum atomic E-state index is 12.5. The van der Waals surface area contributed by atoms with Crippen molar-refractivity contribution in [2.45, 2.75) is 37.9 Å². The van der Waals surface area contributed by atoms with E-state index in [9.17, 15) is 8.42 Å². The highest BCUT2D eigenvalue weighted by Gasteiger charge is 2.22. The number of sulfonamides is 1. The average Bonchev–Trinajstić information content (AvgIpc) is 2.73. The van der Waals surface area contributed by atoms with E-state index in [2.05, 4.69) is 15.6 Å². The molecular formula is C21H31IN4O3S. The summed E-state index contributed by atoms with van der Waals surface area (Å²) in [5, 5.41) is 6.48. The first-order valence-corrected chi connectivity index (χ1v) is 10.9. The lowest BCUT2D eigenvalue weighted by Gasteiger charge is -2.21. The van der Waals surface area contributed by atoms with Crippen LogP contribution in [0.4, 0.5) is 0 Å². The third-order valence-corrected chi connectivity index (χ3v) is 6.68. The highest BCUT2D eigenvalue weighted by molar-refractivity contribution is 14.0. The second kappa shape index (κ2) is 12.1. The highest BCUT2D eigenvalue weighted by Crippen LogP contribution is 2.17. The molecule has 0 unspecified atom stereocenters. The van der Waals surface area contributed by atoms with Gasteiger partial charge in [-0.1, -0.05) is 24.3 Å². The van der Waals surface area contributed by atoms with Crippen molar-refractivity contribution in [3.63, 3.8) is 0 Å². The Morgan fingerprint density at radius 1 is 1.00 bits per heavy atom. The topological polar surface area (TPSA) is 83.0 Å². The van der Waals surface area contributed by atoms with Crippen LogP contribution in [-0.2, 0) is 23.1 Å². The molecule has 0 heterocycles. The number of hydrogen-bond acceptors (Lipinski definition) is 4. The minimum absolute atomic E-state index is 0. The first-order chi connectivity index (χ1) is 13.8. The second-order valence-corrected chi connectivity index (χ2v) is 8.88. The lowest BCUT2D eigenvalue weighted by Crippen LogP contribution is -2.36. The van der Waals surface area contributed by atoms with Crippen molar-refractivity contribution in [3.8, 4) is 5.75 Å². The van der Waals surface area contributed by atoms with Gasteiger partial charge in [-0.2, -0.15) is 4.31 Å². The number of benzene rings is 2. The fraction of sp³-hybridized carbons (Fsp3) is 0.381. The molecule has 0 atom stereocenters. The van der Waals surface area contributed by atoms with Crippen LogP contribution in [0.5, 0.6) is 5.75 Å². The van der Waals surface area contributed by atoms with Crippen molar-refractivity contribution >= 4 is 40.0 Å². The van der Waals surface area contributed by atoms with E-state index in [0.717, 1.165) is 16.9 Å². The molecular weight excluding hydrogens is 515 g/mol. The molecule has 0 aliphatic rings. The third-order valence-electron chi connectivity index (χ3n) is 4.63. The molecule has 0 aliphatic heterocycles. The fourth-order valence-corrected chi connectivity index (χ4v) is 3.93. The van der Waals surface area contributed by atoms with Gasteiger partial charge in [-0.25, -0.2) is 8.42 Å². The molecule has 0 amide bonds. The van der Waals surface area contributed by atoms with Gasteiger partial charge in [0.15, 0.2) is 5.96 Å². The highest BCUT2D eigenvalue weighted by atomic mass is 127. The summed E-state index contributed by atoms with van der Waals surface area (Å²) in [6.07, 6.45) is 0. The Morgan fingerprint density at radius 2 is 1.47 bits per heavy atom. The molecule has 2 aromatic rings. The van der Waals surface area contributed by atoms with Crippen LogP contribution in [0.1, 0.15) is 25.0 Å². The average molecular weight is 546 g/mol. The van der Waals surface area contributed by atoms with E-state index in [-0.39, 0.29) is 30.0 Å². The van der Waals surface area contributed by atoms with Gasteiger partial charge in [-0.15, -0.1) is 24.0 Å². The molecule has 2 aromatic carbocycles. The first-order valence-electron chi connectivity index (χ1n) is 9.42. The van der Waals surface area contributed by atoms with Crippen molar-refractivity contribution in [2.75, 3.05) is 21.2 Å². The first kappa shape index (κ1) is 26.2. The van der Waals surface area contributed by atoms with Crippen LogP contribution in [0, 0.1) is 0 Å². The Balaban J connectivity index is 0.00000450. The number of methoxy groups -OCH3 is 1. The molecule has 0 bridgehead atoms.